The van der Waals surface area contributed by atoms with Gasteiger partial charge in [0, 0.05) is 12.8 Å². The summed E-state index contributed by atoms with van der Waals surface area (Å²) in [6.45, 7) is 4.01. The van der Waals surface area contributed by atoms with E-state index in [1.54, 1.807) is 37.6 Å². The van der Waals surface area contributed by atoms with E-state index in [9.17, 15) is 8.42 Å². The standard InChI is InChI=1S/C18H22N2O3S/c1-14-4-10-18(11-5-14)24(21,22)20-12-15(2)19-13-16-6-8-17(23-3)9-7-16/h4-11,13,15,20H,12H2,1-3H3/t15-/m0/s1. The average Bonchev–Trinajstić information content (AvgIpc) is 2.59. The van der Waals surface area contributed by atoms with Crippen molar-refractivity contribution >= 4 is 16.2 Å². The fourth-order valence-corrected chi connectivity index (χ4v) is 3.11. The van der Waals surface area contributed by atoms with E-state index in [1.807, 2.05) is 38.1 Å². The highest BCUT2D eigenvalue weighted by Crippen LogP contribution is 2.11. The van der Waals surface area contributed by atoms with Crippen LogP contribution < -0.4 is 9.46 Å². The van der Waals surface area contributed by atoms with E-state index in [2.05, 4.69) is 9.71 Å². The summed E-state index contributed by atoms with van der Waals surface area (Å²) in [7, 11) is -1.89. The lowest BCUT2D eigenvalue weighted by atomic mass is 10.2. The molecule has 0 heterocycles. The van der Waals surface area contributed by atoms with Crippen LogP contribution in [-0.4, -0.2) is 34.3 Å². The normalized spacial score (nSPS) is 13.1. The molecule has 128 valence electrons. The second kappa shape index (κ2) is 8.08. The van der Waals surface area contributed by atoms with Gasteiger partial charge >= 0.3 is 0 Å². The van der Waals surface area contributed by atoms with Crippen LogP contribution in [0.1, 0.15) is 18.1 Å². The van der Waals surface area contributed by atoms with Crippen LogP contribution in [-0.2, 0) is 10.0 Å². The highest BCUT2D eigenvalue weighted by Gasteiger charge is 2.14. The largest absolute Gasteiger partial charge is 0.497 e. The molecule has 0 fully saturated rings. The number of nitrogens with one attached hydrogen (secondary N) is 1. The van der Waals surface area contributed by atoms with Crippen LogP contribution in [0.25, 0.3) is 0 Å². The summed E-state index contributed by atoms with van der Waals surface area (Å²) >= 11 is 0. The minimum atomic E-state index is -3.50. The van der Waals surface area contributed by atoms with Crippen molar-refractivity contribution < 1.29 is 13.2 Å². The summed E-state index contributed by atoms with van der Waals surface area (Å²) < 4.78 is 32.1. The van der Waals surface area contributed by atoms with Gasteiger partial charge in [-0.15, -0.1) is 0 Å². The molecule has 2 aromatic rings. The monoisotopic (exact) mass is 346 g/mol. The third-order valence-electron chi connectivity index (χ3n) is 3.49. The van der Waals surface area contributed by atoms with Crippen molar-refractivity contribution in [3.8, 4) is 5.75 Å². The summed E-state index contributed by atoms with van der Waals surface area (Å²) in [5.74, 6) is 0.783. The number of aliphatic imine (C=N–C) groups is 1. The molecule has 0 bridgehead atoms. The first kappa shape index (κ1) is 18.2. The van der Waals surface area contributed by atoms with Gasteiger partial charge in [0.2, 0.25) is 10.0 Å². The summed E-state index contributed by atoms with van der Waals surface area (Å²) in [5.41, 5.74) is 1.95. The number of ether oxygens (including phenoxy) is 1. The molecule has 1 N–H and O–H groups in total. The zero-order chi connectivity index (χ0) is 17.6. The number of sulfonamides is 1. The molecule has 5 nitrogen and oxygen atoms in total. The fourth-order valence-electron chi connectivity index (χ4n) is 1.99. The topological polar surface area (TPSA) is 67.8 Å². The zero-order valence-electron chi connectivity index (χ0n) is 14.1. The van der Waals surface area contributed by atoms with Gasteiger partial charge in [0.05, 0.1) is 18.0 Å². The molecule has 0 spiro atoms. The number of benzene rings is 2. The summed E-state index contributed by atoms with van der Waals surface area (Å²) in [5, 5.41) is 0. The number of aryl methyl sites for hydroxylation is 1. The van der Waals surface area contributed by atoms with Gasteiger partial charge < -0.3 is 4.74 Å². The first-order chi connectivity index (χ1) is 11.4. The third kappa shape index (κ3) is 5.18. The van der Waals surface area contributed by atoms with E-state index in [1.165, 1.54) is 0 Å². The molecular formula is C18H22N2O3S. The minimum absolute atomic E-state index is 0.174. The van der Waals surface area contributed by atoms with Crippen molar-refractivity contribution in [2.45, 2.75) is 24.8 Å². The minimum Gasteiger partial charge on any atom is -0.497 e. The van der Waals surface area contributed by atoms with Crippen molar-refractivity contribution in [1.82, 2.24) is 4.72 Å². The smallest absolute Gasteiger partial charge is 0.240 e. The SMILES string of the molecule is COc1ccc(C=N[C@@H](C)CNS(=O)(=O)c2ccc(C)cc2)cc1. The molecule has 0 saturated heterocycles. The van der Waals surface area contributed by atoms with E-state index >= 15 is 0 Å². The molecule has 0 amide bonds. The Balaban J connectivity index is 1.93. The van der Waals surface area contributed by atoms with Crippen LogP contribution in [0.4, 0.5) is 0 Å². The molecule has 1 atom stereocenters. The maximum absolute atomic E-state index is 12.2. The van der Waals surface area contributed by atoms with Crippen LogP contribution in [0, 0.1) is 6.92 Å². The Morgan fingerprint density at radius 2 is 1.75 bits per heavy atom. The van der Waals surface area contributed by atoms with Gasteiger partial charge in [-0.3, -0.25) is 4.99 Å². The number of rotatable bonds is 7. The molecule has 0 aliphatic rings. The Bertz CT molecular complexity index is 782. The zero-order valence-corrected chi connectivity index (χ0v) is 14.9. The van der Waals surface area contributed by atoms with Gasteiger partial charge in [-0.25, -0.2) is 13.1 Å². The Morgan fingerprint density at radius 1 is 1.12 bits per heavy atom. The molecule has 2 aromatic carbocycles. The Hall–Kier alpha value is -2.18. The van der Waals surface area contributed by atoms with Crippen LogP contribution in [0.5, 0.6) is 5.75 Å². The highest BCUT2D eigenvalue weighted by atomic mass is 32.2. The second-order valence-corrected chi connectivity index (χ2v) is 7.33. The molecule has 0 saturated carbocycles. The second-order valence-electron chi connectivity index (χ2n) is 5.57. The predicted octanol–water partition coefficient (Wildman–Crippen LogP) is 2.79. The molecule has 2 rings (SSSR count). The summed E-state index contributed by atoms with van der Waals surface area (Å²) in [6, 6.07) is 14.1. The first-order valence-electron chi connectivity index (χ1n) is 7.64. The lowest BCUT2D eigenvalue weighted by molar-refractivity contribution is 0.415. The van der Waals surface area contributed by atoms with Gasteiger partial charge in [0.15, 0.2) is 0 Å². The molecule has 0 radical (unpaired) electrons. The number of hydrogen-bond acceptors (Lipinski definition) is 4. The van der Waals surface area contributed by atoms with Crippen molar-refractivity contribution in [2.75, 3.05) is 13.7 Å². The number of methoxy groups -OCH3 is 1. The van der Waals surface area contributed by atoms with Gasteiger partial charge in [-0.1, -0.05) is 17.7 Å². The van der Waals surface area contributed by atoms with Gasteiger partial charge in [-0.2, -0.15) is 0 Å². The van der Waals surface area contributed by atoms with Crippen LogP contribution in [0.2, 0.25) is 0 Å². The predicted molar refractivity (Wildman–Crippen MR) is 96.4 cm³/mol. The lowest BCUT2D eigenvalue weighted by Crippen LogP contribution is -2.30. The number of hydrogen-bond donors (Lipinski definition) is 1. The Labute approximate surface area is 143 Å². The van der Waals surface area contributed by atoms with Gasteiger partial charge in [0.1, 0.15) is 5.75 Å². The molecule has 0 aromatic heterocycles. The highest BCUT2D eigenvalue weighted by molar-refractivity contribution is 7.89. The van der Waals surface area contributed by atoms with Gasteiger partial charge in [0.25, 0.3) is 0 Å². The van der Waals surface area contributed by atoms with Crippen LogP contribution in [0.15, 0.2) is 58.4 Å². The van der Waals surface area contributed by atoms with Crippen molar-refractivity contribution in [1.29, 1.82) is 0 Å². The molecule has 24 heavy (non-hydrogen) atoms. The summed E-state index contributed by atoms with van der Waals surface area (Å²) in [4.78, 5) is 4.63. The van der Waals surface area contributed by atoms with E-state index in [0.29, 0.717) is 0 Å². The van der Waals surface area contributed by atoms with E-state index in [4.69, 9.17) is 4.74 Å². The molecule has 0 aliphatic heterocycles. The molecule has 0 aliphatic carbocycles. The fraction of sp³-hybridized carbons (Fsp3) is 0.278. The van der Waals surface area contributed by atoms with E-state index < -0.39 is 10.0 Å². The molecule has 0 unspecified atom stereocenters. The Morgan fingerprint density at radius 3 is 2.33 bits per heavy atom. The maximum atomic E-state index is 12.2. The Kier molecular flexibility index (Phi) is 6.11. The lowest BCUT2D eigenvalue weighted by Gasteiger charge is -2.10. The molecule has 6 heteroatoms. The van der Waals surface area contributed by atoms with Crippen LogP contribution >= 0.6 is 0 Å². The summed E-state index contributed by atoms with van der Waals surface area (Å²) in [6.07, 6.45) is 1.73. The van der Waals surface area contributed by atoms with E-state index in [0.717, 1.165) is 16.9 Å². The van der Waals surface area contributed by atoms with Crippen molar-refractivity contribution in [3.63, 3.8) is 0 Å². The molecular weight excluding hydrogens is 324 g/mol. The van der Waals surface area contributed by atoms with Crippen molar-refractivity contribution in [2.24, 2.45) is 4.99 Å². The third-order valence-corrected chi connectivity index (χ3v) is 4.93. The van der Waals surface area contributed by atoms with Crippen molar-refractivity contribution in [3.05, 3.63) is 59.7 Å². The van der Waals surface area contributed by atoms with Crippen LogP contribution in [0.3, 0.4) is 0 Å². The quantitative estimate of drug-likeness (QED) is 0.784. The average molecular weight is 346 g/mol. The number of nitrogens with zero attached hydrogens (tertiary/aromatic N) is 1. The maximum Gasteiger partial charge on any atom is 0.240 e. The first-order valence-corrected chi connectivity index (χ1v) is 9.12. The van der Waals surface area contributed by atoms with E-state index in [-0.39, 0.29) is 17.5 Å². The van der Waals surface area contributed by atoms with Gasteiger partial charge in [-0.05, 0) is 55.8 Å².